The fourth-order valence-electron chi connectivity index (χ4n) is 6.63. The molecule has 0 bridgehead atoms. The molecule has 1 heterocycles. The molecule has 1 aromatic heterocycles. The summed E-state index contributed by atoms with van der Waals surface area (Å²) in [7, 11) is 0. The zero-order valence-electron chi connectivity index (χ0n) is 26.6. The van der Waals surface area contributed by atoms with E-state index in [-0.39, 0.29) is 22.9 Å². The average Bonchev–Trinajstić information content (AvgIpc) is 3.14. The summed E-state index contributed by atoms with van der Waals surface area (Å²) in [4.78, 5) is 22.1. The molecule has 6 rings (SSSR count). The zero-order valence-corrected chi connectivity index (χ0v) is 26.6. The molecule has 0 atom stereocenters. The molecular weight excluding hydrogens is 630 g/mol. The molecule has 2 N–H and O–H groups in total. The lowest BCUT2D eigenvalue weighted by Crippen LogP contribution is -2.42. The van der Waals surface area contributed by atoms with Gasteiger partial charge in [-0.05, 0) is 41.7 Å². The molecular formula is C39H35F4N5O. The first-order valence-corrected chi connectivity index (χ1v) is 16.2. The maximum Gasteiger partial charge on any atom is 0.471 e. The molecule has 10 heteroatoms. The molecule has 0 unspecified atom stereocenters. The maximum atomic E-state index is 15.9. The van der Waals surface area contributed by atoms with E-state index in [1.807, 2.05) is 91.0 Å². The van der Waals surface area contributed by atoms with Crippen molar-refractivity contribution in [2.75, 3.05) is 10.2 Å². The van der Waals surface area contributed by atoms with E-state index in [2.05, 4.69) is 15.3 Å². The Morgan fingerprint density at radius 1 is 0.816 bits per heavy atom. The van der Waals surface area contributed by atoms with Crippen LogP contribution < -0.4 is 10.2 Å². The number of hydrogen-bond acceptors (Lipinski definition) is 5. The topological polar surface area (TPSA) is 82.0 Å². The van der Waals surface area contributed by atoms with Gasteiger partial charge in [-0.3, -0.25) is 19.7 Å². The minimum atomic E-state index is -5.31. The van der Waals surface area contributed by atoms with E-state index < -0.39 is 35.7 Å². The van der Waals surface area contributed by atoms with Crippen LogP contribution in [0.4, 0.5) is 28.9 Å². The SMILES string of the molecule is N=Cc1cc(F)c(N(Cc2cnc(C3CCCCC3)cn2)C(=O)C(F)(F)F)cc1NC(c1ccccc1)(c1ccccc1)c1ccccc1. The van der Waals surface area contributed by atoms with Crippen molar-refractivity contribution in [1.82, 2.24) is 9.97 Å². The lowest BCUT2D eigenvalue weighted by Gasteiger charge is -2.38. The molecule has 1 amide bonds. The van der Waals surface area contributed by atoms with E-state index in [9.17, 15) is 18.0 Å². The van der Waals surface area contributed by atoms with Gasteiger partial charge in [0.2, 0.25) is 0 Å². The Morgan fingerprint density at radius 2 is 1.37 bits per heavy atom. The summed E-state index contributed by atoms with van der Waals surface area (Å²) in [6.07, 6.45) is 3.73. The summed E-state index contributed by atoms with van der Waals surface area (Å²) < 4.78 is 58.2. The number of amides is 1. The number of anilines is 2. The zero-order chi connectivity index (χ0) is 34.4. The van der Waals surface area contributed by atoms with Crippen LogP contribution in [-0.4, -0.2) is 28.3 Å². The van der Waals surface area contributed by atoms with Gasteiger partial charge < -0.3 is 10.7 Å². The highest BCUT2D eigenvalue weighted by Gasteiger charge is 2.44. The van der Waals surface area contributed by atoms with Gasteiger partial charge in [-0.1, -0.05) is 110 Å². The number of benzene rings is 4. The minimum Gasteiger partial charge on any atom is -0.367 e. The first-order chi connectivity index (χ1) is 23.7. The predicted octanol–water partition coefficient (Wildman–Crippen LogP) is 9.16. The Labute approximate surface area is 282 Å². The molecule has 1 saturated carbocycles. The summed E-state index contributed by atoms with van der Waals surface area (Å²) in [6.45, 7) is -0.669. The quantitative estimate of drug-likeness (QED) is 0.0886. The van der Waals surface area contributed by atoms with Gasteiger partial charge in [0.1, 0.15) is 11.4 Å². The molecule has 5 aromatic rings. The third-order valence-corrected chi connectivity index (χ3v) is 9.06. The van der Waals surface area contributed by atoms with Gasteiger partial charge in [0.15, 0.2) is 0 Å². The predicted molar refractivity (Wildman–Crippen MR) is 182 cm³/mol. The number of alkyl halides is 3. The van der Waals surface area contributed by atoms with Gasteiger partial charge in [0, 0.05) is 29.6 Å². The molecule has 49 heavy (non-hydrogen) atoms. The second-order valence-corrected chi connectivity index (χ2v) is 12.2. The highest BCUT2D eigenvalue weighted by molar-refractivity contribution is 5.99. The van der Waals surface area contributed by atoms with Crippen molar-refractivity contribution in [1.29, 1.82) is 5.41 Å². The molecule has 1 fully saturated rings. The number of nitrogens with zero attached hydrogens (tertiary/aromatic N) is 3. The van der Waals surface area contributed by atoms with Crippen LogP contribution in [0.2, 0.25) is 0 Å². The second kappa shape index (κ2) is 14.4. The summed E-state index contributed by atoms with van der Waals surface area (Å²) in [5.41, 5.74) is 1.64. The van der Waals surface area contributed by atoms with E-state index in [0.29, 0.717) is 4.90 Å². The monoisotopic (exact) mass is 665 g/mol. The van der Waals surface area contributed by atoms with Gasteiger partial charge in [0.25, 0.3) is 0 Å². The highest BCUT2D eigenvalue weighted by atomic mass is 19.4. The molecule has 0 radical (unpaired) electrons. The van der Waals surface area contributed by atoms with Crippen LogP contribution in [0.5, 0.6) is 0 Å². The molecule has 1 aliphatic carbocycles. The van der Waals surface area contributed by atoms with E-state index in [4.69, 9.17) is 5.41 Å². The summed E-state index contributed by atoms with van der Waals surface area (Å²) in [5.74, 6) is -3.13. The number of carbonyl (C=O) groups is 1. The lowest BCUT2D eigenvalue weighted by molar-refractivity contribution is -0.170. The Hall–Kier alpha value is -5.38. The van der Waals surface area contributed by atoms with E-state index >= 15 is 4.39 Å². The van der Waals surface area contributed by atoms with Crippen molar-refractivity contribution in [3.05, 3.63) is 155 Å². The molecule has 6 nitrogen and oxygen atoms in total. The van der Waals surface area contributed by atoms with Gasteiger partial charge in [0.05, 0.1) is 29.8 Å². The first kappa shape index (κ1) is 33.5. The summed E-state index contributed by atoms with van der Waals surface area (Å²) >= 11 is 0. The van der Waals surface area contributed by atoms with Gasteiger partial charge in [-0.25, -0.2) is 4.39 Å². The average molecular weight is 666 g/mol. The molecule has 0 aliphatic heterocycles. The van der Waals surface area contributed by atoms with Crippen LogP contribution in [0.25, 0.3) is 0 Å². The van der Waals surface area contributed by atoms with Crippen LogP contribution in [0.15, 0.2) is 116 Å². The number of hydrogen-bond donors (Lipinski definition) is 2. The van der Waals surface area contributed by atoms with Crippen molar-refractivity contribution in [2.24, 2.45) is 0 Å². The van der Waals surface area contributed by atoms with Crippen LogP contribution in [0, 0.1) is 11.2 Å². The highest BCUT2D eigenvalue weighted by Crippen LogP contribution is 2.42. The molecule has 1 aliphatic rings. The molecule has 250 valence electrons. The van der Waals surface area contributed by atoms with E-state index in [1.165, 1.54) is 12.4 Å². The number of rotatable bonds is 10. The fraction of sp³-hybridized carbons (Fsp3) is 0.231. The molecule has 4 aromatic carbocycles. The standard InChI is InChI=1S/C39H35F4N5O/c40-33-21-28(23-44)34(47-38(29-15-7-2-8-16-29,30-17-9-3-10-18-30)31-19-11-4-12-20-31)22-36(33)48(37(49)39(41,42)43)26-32-24-46-35(25-45-32)27-13-5-1-6-14-27/h2-4,7-12,15-25,27,44,47H,1,5-6,13-14,26H2. The van der Waals surface area contributed by atoms with Crippen LogP contribution in [0.1, 0.15) is 71.7 Å². The third kappa shape index (κ3) is 7.09. The minimum absolute atomic E-state index is 0.0736. The van der Waals surface area contributed by atoms with Crippen molar-refractivity contribution in [3.8, 4) is 0 Å². The van der Waals surface area contributed by atoms with Crippen molar-refractivity contribution in [3.63, 3.8) is 0 Å². The maximum absolute atomic E-state index is 15.9. The number of carbonyl (C=O) groups excluding carboxylic acids is 1. The van der Waals surface area contributed by atoms with Crippen LogP contribution in [0.3, 0.4) is 0 Å². The summed E-state index contributed by atoms with van der Waals surface area (Å²) in [6, 6.07) is 30.4. The van der Waals surface area contributed by atoms with E-state index in [1.54, 1.807) is 0 Å². The van der Waals surface area contributed by atoms with Gasteiger partial charge in [-0.2, -0.15) is 13.2 Å². The molecule has 0 spiro atoms. The van der Waals surface area contributed by atoms with E-state index in [0.717, 1.165) is 72.8 Å². The second-order valence-electron chi connectivity index (χ2n) is 12.2. The number of nitrogens with one attached hydrogen (secondary N) is 2. The molecule has 0 saturated heterocycles. The van der Waals surface area contributed by atoms with Gasteiger partial charge in [-0.15, -0.1) is 0 Å². The Morgan fingerprint density at radius 3 is 1.84 bits per heavy atom. The van der Waals surface area contributed by atoms with Crippen molar-refractivity contribution < 1.29 is 22.4 Å². The Balaban J connectivity index is 1.48. The third-order valence-electron chi connectivity index (χ3n) is 9.06. The first-order valence-electron chi connectivity index (χ1n) is 16.2. The number of aromatic nitrogens is 2. The van der Waals surface area contributed by atoms with Crippen molar-refractivity contribution in [2.45, 2.75) is 56.3 Å². The fourth-order valence-corrected chi connectivity index (χ4v) is 6.63. The van der Waals surface area contributed by atoms with Crippen LogP contribution >= 0.6 is 0 Å². The van der Waals surface area contributed by atoms with Crippen molar-refractivity contribution >= 4 is 23.5 Å². The van der Waals surface area contributed by atoms with Crippen LogP contribution in [-0.2, 0) is 16.9 Å². The normalized spacial score (nSPS) is 13.9. The Bertz CT molecular complexity index is 1780. The summed E-state index contributed by atoms with van der Waals surface area (Å²) in [5, 5.41) is 11.6. The van der Waals surface area contributed by atoms with Gasteiger partial charge >= 0.3 is 12.1 Å². The Kier molecular flexibility index (Phi) is 9.85. The smallest absolute Gasteiger partial charge is 0.367 e. The largest absolute Gasteiger partial charge is 0.471 e. The number of halogens is 4. The lowest BCUT2D eigenvalue weighted by atomic mass is 9.76.